The van der Waals surface area contributed by atoms with Crippen molar-refractivity contribution >= 4 is 32.5 Å². The molecule has 0 amide bonds. The molecule has 23 heavy (non-hydrogen) atoms. The van der Waals surface area contributed by atoms with Crippen molar-refractivity contribution in [2.24, 2.45) is 5.92 Å². The molecule has 2 aromatic rings. The van der Waals surface area contributed by atoms with Gasteiger partial charge in [-0.2, -0.15) is 4.31 Å². The summed E-state index contributed by atoms with van der Waals surface area (Å²) in [5.41, 5.74) is 0.779. The highest BCUT2D eigenvalue weighted by Crippen LogP contribution is 2.25. The molecule has 126 valence electrons. The molecule has 1 aromatic carbocycles. The first-order valence-corrected chi connectivity index (χ1v) is 9.70. The summed E-state index contributed by atoms with van der Waals surface area (Å²) in [6.45, 7) is 5.99. The Hall–Kier alpha value is -1.08. The lowest BCUT2D eigenvalue weighted by molar-refractivity contribution is 0.272. The summed E-state index contributed by atoms with van der Waals surface area (Å²) in [6, 6.07) is 7.19. The molecule has 7 heteroatoms. The Labute approximate surface area is 142 Å². The molecule has 3 rings (SSSR count). The van der Waals surface area contributed by atoms with Crippen molar-refractivity contribution < 1.29 is 8.42 Å². The maximum absolute atomic E-state index is 12.9. The van der Waals surface area contributed by atoms with Gasteiger partial charge >= 0.3 is 0 Å². The van der Waals surface area contributed by atoms with Crippen molar-refractivity contribution in [3.8, 4) is 0 Å². The third kappa shape index (κ3) is 3.55. The van der Waals surface area contributed by atoms with Crippen LogP contribution in [0.5, 0.6) is 0 Å². The van der Waals surface area contributed by atoms with E-state index in [1.54, 1.807) is 28.6 Å². The quantitative estimate of drug-likeness (QED) is 0.886. The van der Waals surface area contributed by atoms with E-state index in [1.165, 1.54) is 0 Å². The molecule has 1 fully saturated rings. The number of nitrogens with one attached hydrogen (secondary N) is 2. The molecule has 0 saturated carbocycles. The second kappa shape index (κ2) is 6.43. The molecular formula is C16H22ClN3O2S. The smallest absolute Gasteiger partial charge is 0.258 e. The average Bonchev–Trinajstić information content (AvgIpc) is 2.90. The fourth-order valence-electron chi connectivity index (χ4n) is 3.10. The Morgan fingerprint density at radius 1 is 1.35 bits per heavy atom. The van der Waals surface area contributed by atoms with Crippen LogP contribution in [0.15, 0.2) is 29.3 Å². The summed E-state index contributed by atoms with van der Waals surface area (Å²) in [5, 5.41) is 5.05. The van der Waals surface area contributed by atoms with Gasteiger partial charge in [0.05, 0.1) is 0 Å². The highest BCUT2D eigenvalue weighted by molar-refractivity contribution is 7.89. The van der Waals surface area contributed by atoms with Gasteiger partial charge < -0.3 is 10.3 Å². The Morgan fingerprint density at radius 2 is 2.13 bits per heavy atom. The molecule has 1 unspecified atom stereocenters. The van der Waals surface area contributed by atoms with Gasteiger partial charge in [0.2, 0.25) is 0 Å². The van der Waals surface area contributed by atoms with Gasteiger partial charge in [-0.3, -0.25) is 0 Å². The Balaban J connectivity index is 1.87. The fourth-order valence-corrected chi connectivity index (χ4v) is 4.78. The number of nitrogens with zero attached hydrogens (tertiary/aromatic N) is 1. The first kappa shape index (κ1) is 16.8. The van der Waals surface area contributed by atoms with E-state index >= 15 is 0 Å². The number of sulfonamides is 1. The summed E-state index contributed by atoms with van der Waals surface area (Å²) in [7, 11) is -3.51. The van der Waals surface area contributed by atoms with Crippen molar-refractivity contribution in [2.75, 3.05) is 19.6 Å². The maximum atomic E-state index is 12.9. The van der Waals surface area contributed by atoms with Crippen LogP contribution < -0.4 is 5.32 Å². The first-order chi connectivity index (χ1) is 10.9. The highest BCUT2D eigenvalue weighted by Gasteiger charge is 2.31. The zero-order valence-corrected chi connectivity index (χ0v) is 14.9. The number of hydrogen-bond acceptors (Lipinski definition) is 3. The predicted octanol–water partition coefficient (Wildman–Crippen LogP) is 2.83. The standard InChI is InChI=1S/C16H22ClN3O2S/c1-11(2)7-14-10-20(6-5-18-14)23(21,22)16-9-12-8-13(17)3-4-15(12)19-16/h3-4,8-9,11,14,18-19H,5-7,10H2,1-2H3. The van der Waals surface area contributed by atoms with E-state index < -0.39 is 10.0 Å². The molecule has 2 heterocycles. The lowest BCUT2D eigenvalue weighted by Crippen LogP contribution is -2.52. The Morgan fingerprint density at radius 3 is 2.87 bits per heavy atom. The average molecular weight is 356 g/mol. The monoisotopic (exact) mass is 355 g/mol. The number of benzene rings is 1. The van der Waals surface area contributed by atoms with Gasteiger partial charge in [0, 0.05) is 41.6 Å². The van der Waals surface area contributed by atoms with Gasteiger partial charge in [0.1, 0.15) is 5.03 Å². The van der Waals surface area contributed by atoms with Crippen molar-refractivity contribution in [2.45, 2.75) is 31.3 Å². The summed E-state index contributed by atoms with van der Waals surface area (Å²) < 4.78 is 27.4. The molecule has 0 aliphatic carbocycles. The minimum atomic E-state index is -3.51. The largest absolute Gasteiger partial charge is 0.345 e. The Kier molecular flexibility index (Phi) is 4.69. The highest BCUT2D eigenvalue weighted by atomic mass is 35.5. The number of fused-ring (bicyclic) bond motifs is 1. The first-order valence-electron chi connectivity index (χ1n) is 7.88. The second-order valence-corrected chi connectivity index (χ2v) is 8.85. The third-order valence-corrected chi connectivity index (χ3v) is 6.17. The van der Waals surface area contributed by atoms with Crippen LogP contribution >= 0.6 is 11.6 Å². The summed E-state index contributed by atoms with van der Waals surface area (Å²) in [6.07, 6.45) is 0.967. The van der Waals surface area contributed by atoms with Crippen LogP contribution in [0.4, 0.5) is 0 Å². The van der Waals surface area contributed by atoms with Gasteiger partial charge in [0.15, 0.2) is 0 Å². The van der Waals surface area contributed by atoms with Crippen molar-refractivity contribution in [1.82, 2.24) is 14.6 Å². The summed E-state index contributed by atoms with van der Waals surface area (Å²) in [5.74, 6) is 0.533. The van der Waals surface area contributed by atoms with E-state index in [0.717, 1.165) is 17.3 Å². The van der Waals surface area contributed by atoms with E-state index in [-0.39, 0.29) is 11.1 Å². The topological polar surface area (TPSA) is 65.2 Å². The van der Waals surface area contributed by atoms with E-state index in [4.69, 9.17) is 11.6 Å². The van der Waals surface area contributed by atoms with Crippen molar-refractivity contribution in [1.29, 1.82) is 0 Å². The third-order valence-electron chi connectivity index (χ3n) is 4.15. The number of aromatic amines is 1. The summed E-state index contributed by atoms with van der Waals surface area (Å²) in [4.78, 5) is 3.01. The number of rotatable bonds is 4. The second-order valence-electron chi connectivity index (χ2n) is 6.51. The van der Waals surface area contributed by atoms with Gasteiger partial charge in [-0.1, -0.05) is 25.4 Å². The van der Waals surface area contributed by atoms with Crippen molar-refractivity contribution in [3.05, 3.63) is 29.3 Å². The lowest BCUT2D eigenvalue weighted by Gasteiger charge is -2.33. The number of aromatic nitrogens is 1. The molecular weight excluding hydrogens is 334 g/mol. The number of piperazine rings is 1. The summed E-state index contributed by atoms with van der Waals surface area (Å²) >= 11 is 5.98. The number of halogens is 1. The lowest BCUT2D eigenvalue weighted by atomic mass is 10.0. The van der Waals surface area contributed by atoms with E-state index in [0.29, 0.717) is 30.6 Å². The van der Waals surface area contributed by atoms with Crippen LogP contribution in [0, 0.1) is 5.92 Å². The molecule has 0 radical (unpaired) electrons. The molecule has 1 aliphatic heterocycles. The minimum absolute atomic E-state index is 0.206. The van der Waals surface area contributed by atoms with Crippen LogP contribution in [0.2, 0.25) is 5.02 Å². The normalized spacial score (nSPS) is 20.4. The van der Waals surface area contributed by atoms with Gasteiger partial charge in [0.25, 0.3) is 10.0 Å². The molecule has 2 N–H and O–H groups in total. The van der Waals surface area contributed by atoms with Gasteiger partial charge in [-0.15, -0.1) is 0 Å². The Bertz CT molecular complexity index is 801. The minimum Gasteiger partial charge on any atom is -0.345 e. The van der Waals surface area contributed by atoms with Crippen LogP contribution in [0.25, 0.3) is 10.9 Å². The zero-order valence-electron chi connectivity index (χ0n) is 13.3. The fraction of sp³-hybridized carbons (Fsp3) is 0.500. The SMILES string of the molecule is CC(C)CC1CN(S(=O)(=O)c2cc3cc(Cl)ccc3[nH]2)CCN1. The molecule has 1 atom stereocenters. The van der Waals surface area contributed by atoms with Gasteiger partial charge in [-0.05, 0) is 36.6 Å². The molecule has 1 saturated heterocycles. The molecule has 1 aromatic heterocycles. The van der Waals surface area contributed by atoms with E-state index in [2.05, 4.69) is 24.1 Å². The maximum Gasteiger partial charge on any atom is 0.258 e. The van der Waals surface area contributed by atoms with E-state index in [1.807, 2.05) is 0 Å². The number of hydrogen-bond donors (Lipinski definition) is 2. The van der Waals surface area contributed by atoms with Crippen molar-refractivity contribution in [3.63, 3.8) is 0 Å². The van der Waals surface area contributed by atoms with Crippen LogP contribution in [-0.4, -0.2) is 43.4 Å². The molecule has 0 spiro atoms. The molecule has 1 aliphatic rings. The van der Waals surface area contributed by atoms with Crippen LogP contribution in [0.1, 0.15) is 20.3 Å². The van der Waals surface area contributed by atoms with E-state index in [9.17, 15) is 8.42 Å². The van der Waals surface area contributed by atoms with Gasteiger partial charge in [-0.25, -0.2) is 8.42 Å². The predicted molar refractivity (Wildman–Crippen MR) is 93.3 cm³/mol. The molecule has 0 bridgehead atoms. The van der Waals surface area contributed by atoms with Crippen LogP contribution in [-0.2, 0) is 10.0 Å². The van der Waals surface area contributed by atoms with Crippen LogP contribution in [0.3, 0.4) is 0 Å². The number of H-pyrrole nitrogens is 1. The molecule has 5 nitrogen and oxygen atoms in total. The zero-order chi connectivity index (χ0) is 16.6.